The molecular formula is C39H73NO7S. The molecule has 0 bridgehead atoms. The standard InChI is InChI=1S/C39H73NO7S/c1-3-5-7-9-11-13-15-17-19-21-23-25-27-29-31-33-38(41)46-36-37(35-40-48(43,44)45)47-39(42)34-32-30-28-26-24-22-20-18-16-14-12-10-8-6-4-2/h17-20,37,40H,3-16,21-36H2,1-2H3,(H,43,44,45). The number of carbonyl (C=O) groups is 2. The maximum atomic E-state index is 12.4. The van der Waals surface area contributed by atoms with Gasteiger partial charge in [-0.2, -0.15) is 13.1 Å². The number of rotatable bonds is 36. The molecule has 0 aliphatic rings. The number of hydrogen-bond acceptors (Lipinski definition) is 6. The van der Waals surface area contributed by atoms with Crippen molar-refractivity contribution >= 4 is 22.2 Å². The first-order valence-electron chi connectivity index (χ1n) is 19.7. The van der Waals surface area contributed by atoms with Gasteiger partial charge in [0, 0.05) is 12.8 Å². The van der Waals surface area contributed by atoms with Gasteiger partial charge in [0.2, 0.25) is 0 Å². The molecule has 0 aromatic carbocycles. The van der Waals surface area contributed by atoms with Crippen LogP contribution in [0.25, 0.3) is 0 Å². The van der Waals surface area contributed by atoms with Crippen molar-refractivity contribution in [3.8, 4) is 0 Å². The summed E-state index contributed by atoms with van der Waals surface area (Å²) >= 11 is 0. The third-order valence-corrected chi connectivity index (χ3v) is 9.04. The predicted molar refractivity (Wildman–Crippen MR) is 199 cm³/mol. The molecule has 0 heterocycles. The maximum Gasteiger partial charge on any atom is 0.333 e. The zero-order valence-electron chi connectivity index (χ0n) is 30.9. The van der Waals surface area contributed by atoms with Crippen LogP contribution in [-0.4, -0.2) is 44.2 Å². The van der Waals surface area contributed by atoms with Crippen molar-refractivity contribution < 1.29 is 32.0 Å². The van der Waals surface area contributed by atoms with Crippen molar-refractivity contribution in [3.63, 3.8) is 0 Å². The topological polar surface area (TPSA) is 119 Å². The Labute approximate surface area is 295 Å². The van der Waals surface area contributed by atoms with Crippen LogP contribution in [0.3, 0.4) is 0 Å². The highest BCUT2D eigenvalue weighted by atomic mass is 32.2. The second-order valence-corrected chi connectivity index (χ2v) is 14.5. The average Bonchev–Trinajstić information content (AvgIpc) is 3.05. The second kappa shape index (κ2) is 35.1. The highest BCUT2D eigenvalue weighted by Gasteiger charge is 2.19. The van der Waals surface area contributed by atoms with E-state index >= 15 is 0 Å². The van der Waals surface area contributed by atoms with Crippen molar-refractivity contribution in [2.75, 3.05) is 13.2 Å². The lowest BCUT2D eigenvalue weighted by Crippen LogP contribution is -2.37. The summed E-state index contributed by atoms with van der Waals surface area (Å²) in [5.41, 5.74) is 0. The van der Waals surface area contributed by atoms with E-state index in [1.54, 1.807) is 0 Å². The number of nitrogens with one attached hydrogen (secondary N) is 1. The zero-order chi connectivity index (χ0) is 35.4. The van der Waals surface area contributed by atoms with E-state index in [9.17, 15) is 18.0 Å². The summed E-state index contributed by atoms with van der Waals surface area (Å²) in [4.78, 5) is 24.6. The highest BCUT2D eigenvalue weighted by molar-refractivity contribution is 7.83. The Kier molecular flexibility index (Phi) is 33.9. The monoisotopic (exact) mass is 700 g/mol. The van der Waals surface area contributed by atoms with E-state index in [1.165, 1.54) is 89.9 Å². The van der Waals surface area contributed by atoms with Crippen molar-refractivity contribution in [1.29, 1.82) is 0 Å². The van der Waals surface area contributed by atoms with Gasteiger partial charge in [0.1, 0.15) is 12.7 Å². The molecule has 0 amide bonds. The minimum Gasteiger partial charge on any atom is -0.462 e. The van der Waals surface area contributed by atoms with Crippen LogP contribution in [0.5, 0.6) is 0 Å². The number of ether oxygens (including phenoxy) is 2. The van der Waals surface area contributed by atoms with E-state index in [4.69, 9.17) is 14.0 Å². The summed E-state index contributed by atoms with van der Waals surface area (Å²) in [5.74, 6) is -0.874. The molecule has 0 fully saturated rings. The van der Waals surface area contributed by atoms with Crippen LogP contribution in [0.4, 0.5) is 0 Å². The SMILES string of the molecule is CCCCCCCCC=CCCCCCCCC(=O)OCC(CNS(=O)(=O)O)OC(=O)CCCCCCCC=CCCCCCCCC. The first-order chi connectivity index (χ1) is 23.3. The van der Waals surface area contributed by atoms with Gasteiger partial charge in [0.25, 0.3) is 0 Å². The van der Waals surface area contributed by atoms with Gasteiger partial charge in [0.05, 0.1) is 6.54 Å². The number of carbonyl (C=O) groups excluding carboxylic acids is 2. The maximum absolute atomic E-state index is 12.4. The van der Waals surface area contributed by atoms with Gasteiger partial charge in [-0.15, -0.1) is 0 Å². The van der Waals surface area contributed by atoms with E-state index in [2.05, 4.69) is 38.2 Å². The average molecular weight is 700 g/mol. The first-order valence-corrected chi connectivity index (χ1v) is 21.1. The summed E-state index contributed by atoms with van der Waals surface area (Å²) in [6.45, 7) is 3.86. The fraction of sp³-hybridized carbons (Fsp3) is 0.846. The molecule has 8 nitrogen and oxygen atoms in total. The number of allylic oxidation sites excluding steroid dienone is 4. The molecule has 2 N–H and O–H groups in total. The minimum absolute atomic E-state index is 0.212. The van der Waals surface area contributed by atoms with Gasteiger partial charge in [-0.3, -0.25) is 14.1 Å². The molecule has 0 rings (SSSR count). The second-order valence-electron chi connectivity index (χ2n) is 13.3. The lowest BCUT2D eigenvalue weighted by atomic mass is 10.1. The Hall–Kier alpha value is -1.71. The van der Waals surface area contributed by atoms with E-state index in [-0.39, 0.29) is 26.0 Å². The van der Waals surface area contributed by atoms with Gasteiger partial charge in [-0.05, 0) is 64.2 Å². The van der Waals surface area contributed by atoms with Crippen LogP contribution in [0.2, 0.25) is 0 Å². The van der Waals surface area contributed by atoms with E-state index in [1.807, 2.05) is 4.72 Å². The number of hydrogen-bond donors (Lipinski definition) is 2. The van der Waals surface area contributed by atoms with Crippen molar-refractivity contribution in [2.24, 2.45) is 0 Å². The first kappa shape index (κ1) is 46.3. The van der Waals surface area contributed by atoms with E-state index in [0.717, 1.165) is 70.6 Å². The number of unbranched alkanes of at least 4 members (excludes halogenated alkanes) is 22. The van der Waals surface area contributed by atoms with Gasteiger partial charge in [0.15, 0.2) is 0 Å². The largest absolute Gasteiger partial charge is 0.462 e. The predicted octanol–water partition coefficient (Wildman–Crippen LogP) is 10.9. The minimum atomic E-state index is -4.47. The van der Waals surface area contributed by atoms with Crippen molar-refractivity contribution in [3.05, 3.63) is 24.3 Å². The molecule has 1 unspecified atom stereocenters. The third kappa shape index (κ3) is 37.1. The summed E-state index contributed by atoms with van der Waals surface area (Å²) in [5, 5.41) is 0. The molecule has 0 aromatic rings. The van der Waals surface area contributed by atoms with E-state index in [0.29, 0.717) is 6.42 Å². The summed E-state index contributed by atoms with van der Waals surface area (Å²) in [6, 6.07) is 0. The molecule has 0 aliphatic heterocycles. The Bertz CT molecular complexity index is 904. The highest BCUT2D eigenvalue weighted by Crippen LogP contribution is 2.13. The molecule has 0 aromatic heterocycles. The van der Waals surface area contributed by atoms with Gasteiger partial charge in [-0.1, -0.05) is 141 Å². The van der Waals surface area contributed by atoms with Crippen LogP contribution < -0.4 is 4.72 Å². The molecule has 0 saturated heterocycles. The normalized spacial score (nSPS) is 12.6. The lowest BCUT2D eigenvalue weighted by Gasteiger charge is -2.18. The molecule has 1 atom stereocenters. The van der Waals surface area contributed by atoms with Crippen LogP contribution in [0, 0.1) is 0 Å². The van der Waals surface area contributed by atoms with Crippen LogP contribution in [-0.2, 0) is 29.4 Å². The Morgan fingerprint density at radius 2 is 0.917 bits per heavy atom. The fourth-order valence-corrected chi connectivity index (χ4v) is 5.91. The molecule has 48 heavy (non-hydrogen) atoms. The molecular weight excluding hydrogens is 626 g/mol. The fourth-order valence-electron chi connectivity index (χ4n) is 5.52. The zero-order valence-corrected chi connectivity index (χ0v) is 31.7. The Balaban J connectivity index is 3.97. The van der Waals surface area contributed by atoms with Crippen LogP contribution >= 0.6 is 0 Å². The van der Waals surface area contributed by atoms with Crippen LogP contribution in [0.15, 0.2) is 24.3 Å². The van der Waals surface area contributed by atoms with Gasteiger partial charge < -0.3 is 9.47 Å². The lowest BCUT2D eigenvalue weighted by molar-refractivity contribution is -0.158. The third-order valence-electron chi connectivity index (χ3n) is 8.51. The van der Waals surface area contributed by atoms with Crippen molar-refractivity contribution in [2.45, 2.75) is 200 Å². The Morgan fingerprint density at radius 1 is 0.562 bits per heavy atom. The molecule has 0 spiro atoms. The molecule has 9 heteroatoms. The summed E-state index contributed by atoms with van der Waals surface area (Å²) < 4.78 is 43.9. The van der Waals surface area contributed by atoms with Gasteiger partial charge in [-0.25, -0.2) is 0 Å². The van der Waals surface area contributed by atoms with Gasteiger partial charge >= 0.3 is 22.2 Å². The Morgan fingerprint density at radius 3 is 1.31 bits per heavy atom. The molecule has 282 valence electrons. The molecule has 0 aliphatic carbocycles. The molecule has 0 radical (unpaired) electrons. The van der Waals surface area contributed by atoms with Crippen LogP contribution in [0.1, 0.15) is 194 Å². The van der Waals surface area contributed by atoms with E-state index < -0.39 is 28.3 Å². The smallest absolute Gasteiger partial charge is 0.333 e. The molecule has 0 saturated carbocycles. The summed E-state index contributed by atoms with van der Waals surface area (Å²) in [7, 11) is -4.47. The van der Waals surface area contributed by atoms with Crippen molar-refractivity contribution in [1.82, 2.24) is 4.72 Å². The quantitative estimate of drug-likeness (QED) is 0.0289. The summed E-state index contributed by atoms with van der Waals surface area (Å²) in [6.07, 6.45) is 39.1. The number of esters is 2.